The topological polar surface area (TPSA) is 32.3 Å². The van der Waals surface area contributed by atoms with Crippen molar-refractivity contribution in [3.05, 3.63) is 29.6 Å². The smallest absolute Gasteiger partial charge is 0.222 e. The Morgan fingerprint density at radius 2 is 2.11 bits per heavy atom. The Balaban J connectivity index is 1.92. The fourth-order valence-corrected chi connectivity index (χ4v) is 2.47. The second kappa shape index (κ2) is 6.04. The van der Waals surface area contributed by atoms with E-state index in [1.807, 2.05) is 24.8 Å². The molecule has 1 amide bonds. The third-order valence-electron chi connectivity index (χ3n) is 3.63. The first-order valence-corrected chi connectivity index (χ1v) is 6.90. The Morgan fingerprint density at radius 3 is 2.74 bits per heavy atom. The molecule has 0 atom stereocenters. The molecule has 1 aromatic rings. The molecule has 0 radical (unpaired) electrons. The maximum atomic E-state index is 13.7. The van der Waals surface area contributed by atoms with Gasteiger partial charge in [-0.25, -0.2) is 4.39 Å². The van der Waals surface area contributed by atoms with E-state index < -0.39 is 0 Å². The minimum Gasteiger partial charge on any atom is -0.380 e. The molecule has 3 nitrogen and oxygen atoms in total. The van der Waals surface area contributed by atoms with E-state index in [2.05, 4.69) is 5.32 Å². The zero-order chi connectivity index (χ0) is 13.8. The number of carbonyl (C=O) groups excluding carboxylic acids is 1. The van der Waals surface area contributed by atoms with Crippen molar-refractivity contribution in [3.8, 4) is 0 Å². The highest BCUT2D eigenvalue weighted by molar-refractivity contribution is 5.75. The molecular weight excluding hydrogens is 243 g/mol. The SMILES string of the molecule is CCC(=O)N1CCC(Nc2cc(C)ccc2F)CC1. The largest absolute Gasteiger partial charge is 0.380 e. The van der Waals surface area contributed by atoms with Gasteiger partial charge in [-0.3, -0.25) is 4.79 Å². The highest BCUT2D eigenvalue weighted by Gasteiger charge is 2.22. The van der Waals surface area contributed by atoms with Gasteiger partial charge in [0, 0.05) is 25.6 Å². The molecule has 0 bridgehead atoms. The summed E-state index contributed by atoms with van der Waals surface area (Å²) in [4.78, 5) is 13.5. The minimum absolute atomic E-state index is 0.209. The van der Waals surface area contributed by atoms with Crippen molar-refractivity contribution in [2.45, 2.75) is 39.2 Å². The van der Waals surface area contributed by atoms with E-state index in [1.54, 1.807) is 6.07 Å². The summed E-state index contributed by atoms with van der Waals surface area (Å²) in [5.74, 6) is -0.00199. The number of likely N-dealkylation sites (tertiary alicyclic amines) is 1. The van der Waals surface area contributed by atoms with E-state index in [0.29, 0.717) is 12.1 Å². The molecule has 1 aromatic carbocycles. The fraction of sp³-hybridized carbons (Fsp3) is 0.533. The van der Waals surface area contributed by atoms with Crippen LogP contribution in [0, 0.1) is 12.7 Å². The van der Waals surface area contributed by atoms with Gasteiger partial charge in [-0.15, -0.1) is 0 Å². The Kier molecular flexibility index (Phi) is 4.40. The molecule has 2 rings (SSSR count). The highest BCUT2D eigenvalue weighted by Crippen LogP contribution is 2.20. The number of hydrogen-bond acceptors (Lipinski definition) is 2. The van der Waals surface area contributed by atoms with Gasteiger partial charge in [-0.1, -0.05) is 13.0 Å². The molecule has 0 aliphatic carbocycles. The lowest BCUT2D eigenvalue weighted by molar-refractivity contribution is -0.131. The Labute approximate surface area is 113 Å². The van der Waals surface area contributed by atoms with Gasteiger partial charge in [0.05, 0.1) is 5.69 Å². The second-order valence-corrected chi connectivity index (χ2v) is 5.14. The van der Waals surface area contributed by atoms with E-state index in [-0.39, 0.29) is 17.8 Å². The quantitative estimate of drug-likeness (QED) is 0.910. The lowest BCUT2D eigenvalue weighted by Gasteiger charge is -2.32. The zero-order valence-electron chi connectivity index (χ0n) is 11.6. The van der Waals surface area contributed by atoms with Crippen molar-refractivity contribution in [1.82, 2.24) is 4.90 Å². The van der Waals surface area contributed by atoms with Crippen molar-refractivity contribution in [1.29, 1.82) is 0 Å². The van der Waals surface area contributed by atoms with Crippen LogP contribution in [0.1, 0.15) is 31.7 Å². The van der Waals surface area contributed by atoms with E-state index in [1.165, 1.54) is 6.07 Å². The molecule has 104 valence electrons. The summed E-state index contributed by atoms with van der Waals surface area (Å²) in [6.45, 7) is 5.36. The third kappa shape index (κ3) is 3.46. The van der Waals surface area contributed by atoms with Crippen molar-refractivity contribution in [3.63, 3.8) is 0 Å². The molecule has 1 heterocycles. The van der Waals surface area contributed by atoms with Crippen LogP contribution in [0.2, 0.25) is 0 Å². The van der Waals surface area contributed by atoms with Crippen LogP contribution in [-0.4, -0.2) is 29.9 Å². The predicted molar refractivity (Wildman–Crippen MR) is 74.7 cm³/mol. The van der Waals surface area contributed by atoms with Gasteiger partial charge >= 0.3 is 0 Å². The van der Waals surface area contributed by atoms with Gasteiger partial charge in [0.15, 0.2) is 0 Å². The summed E-state index contributed by atoms with van der Waals surface area (Å²) in [6.07, 6.45) is 2.31. The first-order valence-electron chi connectivity index (χ1n) is 6.90. The average Bonchev–Trinajstić information content (AvgIpc) is 2.43. The molecule has 0 spiro atoms. The van der Waals surface area contributed by atoms with Gasteiger partial charge in [-0.05, 0) is 37.5 Å². The lowest BCUT2D eigenvalue weighted by Crippen LogP contribution is -2.42. The Morgan fingerprint density at radius 1 is 1.42 bits per heavy atom. The van der Waals surface area contributed by atoms with Crippen LogP contribution < -0.4 is 5.32 Å². The van der Waals surface area contributed by atoms with Crippen molar-refractivity contribution >= 4 is 11.6 Å². The number of rotatable bonds is 3. The summed E-state index contributed by atoms with van der Waals surface area (Å²) in [7, 11) is 0. The van der Waals surface area contributed by atoms with Gasteiger partial charge in [0.2, 0.25) is 5.91 Å². The number of nitrogens with zero attached hydrogens (tertiary/aromatic N) is 1. The molecular formula is C15H21FN2O. The summed E-state index contributed by atoms with van der Waals surface area (Å²) < 4.78 is 13.7. The van der Waals surface area contributed by atoms with Crippen LogP contribution in [0.3, 0.4) is 0 Å². The van der Waals surface area contributed by atoms with Crippen LogP contribution in [-0.2, 0) is 4.79 Å². The number of benzene rings is 1. The number of amides is 1. The van der Waals surface area contributed by atoms with Crippen LogP contribution in [0.25, 0.3) is 0 Å². The fourth-order valence-electron chi connectivity index (χ4n) is 2.47. The monoisotopic (exact) mass is 264 g/mol. The lowest BCUT2D eigenvalue weighted by atomic mass is 10.0. The molecule has 1 aliphatic heterocycles. The van der Waals surface area contributed by atoms with E-state index in [9.17, 15) is 9.18 Å². The van der Waals surface area contributed by atoms with Gasteiger partial charge in [0.25, 0.3) is 0 Å². The molecule has 1 aliphatic rings. The van der Waals surface area contributed by atoms with Gasteiger partial charge in [0.1, 0.15) is 5.82 Å². The molecule has 1 N–H and O–H groups in total. The number of anilines is 1. The summed E-state index contributed by atoms with van der Waals surface area (Å²) in [6, 6.07) is 5.34. The molecule has 19 heavy (non-hydrogen) atoms. The molecule has 0 aromatic heterocycles. The van der Waals surface area contributed by atoms with Crippen LogP contribution in [0.15, 0.2) is 18.2 Å². The zero-order valence-corrected chi connectivity index (χ0v) is 11.6. The number of halogens is 1. The molecule has 4 heteroatoms. The van der Waals surface area contributed by atoms with E-state index in [0.717, 1.165) is 31.5 Å². The van der Waals surface area contributed by atoms with Crippen LogP contribution in [0.4, 0.5) is 10.1 Å². The van der Waals surface area contributed by atoms with Crippen molar-refractivity contribution in [2.75, 3.05) is 18.4 Å². The standard InChI is InChI=1S/C15H21FN2O/c1-3-15(19)18-8-6-12(7-9-18)17-14-10-11(2)4-5-13(14)16/h4-5,10,12,17H,3,6-9H2,1-2H3. The van der Waals surface area contributed by atoms with Crippen molar-refractivity contribution in [2.24, 2.45) is 0 Å². The van der Waals surface area contributed by atoms with Crippen LogP contribution in [0.5, 0.6) is 0 Å². The average molecular weight is 264 g/mol. The minimum atomic E-state index is -0.210. The highest BCUT2D eigenvalue weighted by atomic mass is 19.1. The number of hydrogen-bond donors (Lipinski definition) is 1. The van der Waals surface area contributed by atoms with Crippen molar-refractivity contribution < 1.29 is 9.18 Å². The normalized spacial score (nSPS) is 16.5. The maximum Gasteiger partial charge on any atom is 0.222 e. The number of nitrogens with one attached hydrogen (secondary N) is 1. The van der Waals surface area contributed by atoms with E-state index >= 15 is 0 Å². The Bertz CT molecular complexity index is 453. The molecule has 1 saturated heterocycles. The number of carbonyl (C=O) groups is 1. The number of piperidine rings is 1. The van der Waals surface area contributed by atoms with E-state index in [4.69, 9.17) is 0 Å². The third-order valence-corrected chi connectivity index (χ3v) is 3.63. The van der Waals surface area contributed by atoms with Gasteiger partial charge in [-0.2, -0.15) is 0 Å². The molecule has 0 unspecified atom stereocenters. The second-order valence-electron chi connectivity index (χ2n) is 5.14. The summed E-state index contributed by atoms with van der Waals surface area (Å²) in [5, 5.41) is 3.25. The first-order chi connectivity index (χ1) is 9.10. The van der Waals surface area contributed by atoms with Crippen LogP contribution >= 0.6 is 0 Å². The first kappa shape index (κ1) is 13.8. The molecule has 1 fully saturated rings. The van der Waals surface area contributed by atoms with Gasteiger partial charge < -0.3 is 10.2 Å². The predicted octanol–water partition coefficient (Wildman–Crippen LogP) is 2.95. The summed E-state index contributed by atoms with van der Waals surface area (Å²) in [5.41, 5.74) is 1.61. The Hall–Kier alpha value is -1.58. The maximum absolute atomic E-state index is 13.7. The number of aryl methyl sites for hydroxylation is 1. The molecule has 0 saturated carbocycles. The summed E-state index contributed by atoms with van der Waals surface area (Å²) >= 11 is 0.